The van der Waals surface area contributed by atoms with Crippen LogP contribution in [0.15, 0.2) is 42.5 Å². The van der Waals surface area contributed by atoms with Gasteiger partial charge in [-0.05, 0) is 64.4 Å². The summed E-state index contributed by atoms with van der Waals surface area (Å²) in [5.41, 5.74) is 4.46. The number of hydrogen-bond donors (Lipinski definition) is 1. The molecule has 0 unspecified atom stereocenters. The van der Waals surface area contributed by atoms with E-state index in [0.29, 0.717) is 25.9 Å². The molecule has 1 aliphatic heterocycles. The first-order chi connectivity index (χ1) is 14.7. The Morgan fingerprint density at radius 2 is 1.61 bits per heavy atom. The Hall–Kier alpha value is -2.86. The minimum Gasteiger partial charge on any atom is -0.445 e. The monoisotopic (exact) mass is 423 g/mol. The zero-order chi connectivity index (χ0) is 22.6. The normalized spacial score (nSPS) is 15.6. The van der Waals surface area contributed by atoms with Crippen LogP contribution in [0, 0.1) is 20.8 Å². The highest BCUT2D eigenvalue weighted by atomic mass is 16.6. The van der Waals surface area contributed by atoms with Crippen LogP contribution in [0.2, 0.25) is 0 Å². The predicted molar refractivity (Wildman–Crippen MR) is 123 cm³/mol. The first-order valence-corrected chi connectivity index (χ1v) is 10.8. The van der Waals surface area contributed by atoms with Crippen LogP contribution < -0.4 is 5.32 Å². The highest BCUT2D eigenvalue weighted by Gasteiger charge is 2.44. The summed E-state index contributed by atoms with van der Waals surface area (Å²) < 4.78 is 5.47. The fourth-order valence-corrected chi connectivity index (χ4v) is 4.35. The zero-order valence-electron chi connectivity index (χ0n) is 19.2. The van der Waals surface area contributed by atoms with Gasteiger partial charge in [0.15, 0.2) is 0 Å². The van der Waals surface area contributed by atoms with Crippen molar-refractivity contribution >= 4 is 17.7 Å². The van der Waals surface area contributed by atoms with E-state index < -0.39 is 5.54 Å². The smallest absolute Gasteiger partial charge is 0.410 e. The number of rotatable bonds is 5. The largest absolute Gasteiger partial charge is 0.445 e. The van der Waals surface area contributed by atoms with Gasteiger partial charge in [-0.3, -0.25) is 9.69 Å². The molecule has 2 aromatic carbocycles. The second-order valence-corrected chi connectivity index (χ2v) is 8.68. The number of amides is 2. The first kappa shape index (κ1) is 22.8. The zero-order valence-corrected chi connectivity index (χ0v) is 19.2. The molecule has 0 bridgehead atoms. The lowest BCUT2D eigenvalue weighted by atomic mass is 9.85. The van der Waals surface area contributed by atoms with E-state index in [1.807, 2.05) is 63.2 Å². The van der Waals surface area contributed by atoms with Crippen molar-refractivity contribution in [1.82, 2.24) is 9.80 Å². The number of likely N-dealkylation sites (N-methyl/N-ethyl adjacent to an activating group) is 1. The number of benzene rings is 2. The summed E-state index contributed by atoms with van der Waals surface area (Å²) in [5.74, 6) is -0.0233. The highest BCUT2D eigenvalue weighted by molar-refractivity contribution is 5.99. The Kier molecular flexibility index (Phi) is 7.01. The van der Waals surface area contributed by atoms with Crippen molar-refractivity contribution in [3.8, 4) is 0 Å². The third-order valence-electron chi connectivity index (χ3n) is 6.25. The van der Waals surface area contributed by atoms with Crippen LogP contribution in [0.4, 0.5) is 10.5 Å². The van der Waals surface area contributed by atoms with Crippen LogP contribution in [-0.2, 0) is 16.1 Å². The number of piperidine rings is 1. The Labute approximate surface area is 185 Å². The van der Waals surface area contributed by atoms with Gasteiger partial charge in [-0.1, -0.05) is 48.0 Å². The summed E-state index contributed by atoms with van der Waals surface area (Å²) in [5, 5.41) is 3.17. The molecule has 0 radical (unpaired) electrons. The lowest BCUT2D eigenvalue weighted by Crippen LogP contribution is -2.60. The number of hydrogen-bond acceptors (Lipinski definition) is 4. The number of aryl methyl sites for hydroxylation is 3. The Morgan fingerprint density at radius 1 is 1.03 bits per heavy atom. The van der Waals surface area contributed by atoms with Crippen molar-refractivity contribution in [3.63, 3.8) is 0 Å². The van der Waals surface area contributed by atoms with Crippen LogP contribution in [-0.4, -0.2) is 54.5 Å². The van der Waals surface area contributed by atoms with E-state index in [0.717, 1.165) is 22.4 Å². The number of carbonyl (C=O) groups excluding carboxylic acids is 2. The van der Waals surface area contributed by atoms with E-state index in [1.54, 1.807) is 4.90 Å². The summed E-state index contributed by atoms with van der Waals surface area (Å²) in [6.07, 6.45) is 0.772. The van der Waals surface area contributed by atoms with Gasteiger partial charge in [-0.2, -0.15) is 0 Å². The Morgan fingerprint density at radius 3 is 2.16 bits per heavy atom. The van der Waals surface area contributed by atoms with Crippen molar-refractivity contribution in [3.05, 3.63) is 64.7 Å². The maximum absolute atomic E-state index is 13.4. The minimum absolute atomic E-state index is 0.0233. The predicted octanol–water partition coefficient (Wildman–Crippen LogP) is 4.28. The van der Waals surface area contributed by atoms with Crippen molar-refractivity contribution in [2.75, 3.05) is 32.5 Å². The minimum atomic E-state index is -0.667. The summed E-state index contributed by atoms with van der Waals surface area (Å²) in [7, 11) is 3.86. The molecule has 2 aromatic rings. The van der Waals surface area contributed by atoms with Crippen LogP contribution in [0.3, 0.4) is 0 Å². The average Bonchev–Trinajstić information content (AvgIpc) is 2.75. The number of nitrogens with one attached hydrogen (secondary N) is 1. The molecule has 0 atom stereocenters. The number of likely N-dealkylation sites (tertiary alicyclic amines) is 1. The van der Waals surface area contributed by atoms with Gasteiger partial charge in [-0.25, -0.2) is 4.79 Å². The molecule has 0 spiro atoms. The molecule has 1 N–H and O–H groups in total. The molecule has 1 heterocycles. The van der Waals surface area contributed by atoms with Crippen molar-refractivity contribution in [2.45, 2.75) is 45.8 Å². The highest BCUT2D eigenvalue weighted by Crippen LogP contribution is 2.31. The summed E-state index contributed by atoms with van der Waals surface area (Å²) in [4.78, 5) is 29.6. The van der Waals surface area contributed by atoms with E-state index >= 15 is 0 Å². The van der Waals surface area contributed by atoms with Crippen molar-refractivity contribution < 1.29 is 14.3 Å². The van der Waals surface area contributed by atoms with Gasteiger partial charge in [0.1, 0.15) is 12.1 Å². The van der Waals surface area contributed by atoms with Crippen LogP contribution in [0.25, 0.3) is 0 Å². The van der Waals surface area contributed by atoms with E-state index in [-0.39, 0.29) is 18.6 Å². The number of anilines is 1. The summed E-state index contributed by atoms with van der Waals surface area (Å²) >= 11 is 0. The molecule has 1 saturated heterocycles. The number of carbonyl (C=O) groups is 2. The van der Waals surface area contributed by atoms with Crippen LogP contribution in [0.5, 0.6) is 0 Å². The lowest BCUT2D eigenvalue weighted by Gasteiger charge is -2.44. The number of nitrogens with zero attached hydrogens (tertiary/aromatic N) is 2. The van der Waals surface area contributed by atoms with Gasteiger partial charge in [0.2, 0.25) is 5.91 Å². The number of ether oxygens (including phenoxy) is 1. The van der Waals surface area contributed by atoms with Crippen molar-refractivity contribution in [1.29, 1.82) is 0 Å². The van der Waals surface area contributed by atoms with E-state index in [1.165, 1.54) is 5.56 Å². The maximum Gasteiger partial charge on any atom is 0.410 e. The fourth-order valence-electron chi connectivity index (χ4n) is 4.35. The van der Waals surface area contributed by atoms with Gasteiger partial charge in [-0.15, -0.1) is 0 Å². The average molecular weight is 424 g/mol. The third kappa shape index (κ3) is 5.07. The molecule has 31 heavy (non-hydrogen) atoms. The molecule has 1 fully saturated rings. The van der Waals surface area contributed by atoms with Crippen LogP contribution in [0.1, 0.15) is 35.1 Å². The van der Waals surface area contributed by atoms with Gasteiger partial charge >= 0.3 is 6.09 Å². The molecule has 166 valence electrons. The van der Waals surface area contributed by atoms with Crippen LogP contribution >= 0.6 is 0 Å². The van der Waals surface area contributed by atoms with E-state index in [4.69, 9.17) is 4.74 Å². The van der Waals surface area contributed by atoms with E-state index in [2.05, 4.69) is 24.4 Å². The molecule has 3 rings (SSSR count). The SMILES string of the molecule is Cc1cc(C)c(NC(=O)C2(N(C)C)CCN(C(=O)OCc3ccccc3)CC2)c(C)c1. The fraction of sp³-hybridized carbons (Fsp3) is 0.440. The molecule has 0 aromatic heterocycles. The molecular formula is C25H33N3O3. The van der Waals surface area contributed by atoms with Gasteiger partial charge < -0.3 is 15.0 Å². The quantitative estimate of drug-likeness (QED) is 0.780. The van der Waals surface area contributed by atoms with Crippen molar-refractivity contribution in [2.24, 2.45) is 0 Å². The van der Waals surface area contributed by atoms with Gasteiger partial charge in [0, 0.05) is 18.8 Å². The van der Waals surface area contributed by atoms with Gasteiger partial charge in [0.25, 0.3) is 0 Å². The standard InChI is InChI=1S/C25H33N3O3/c1-18-15-19(2)22(20(3)16-18)26-23(29)25(27(4)5)11-13-28(14-12-25)24(30)31-17-21-9-7-6-8-10-21/h6-10,15-16H,11-14,17H2,1-5H3,(H,26,29). The molecule has 6 nitrogen and oxygen atoms in total. The molecule has 6 heteroatoms. The second kappa shape index (κ2) is 9.52. The molecule has 2 amide bonds. The topological polar surface area (TPSA) is 61.9 Å². The Bertz CT molecular complexity index is 909. The third-order valence-corrected chi connectivity index (χ3v) is 6.25. The molecule has 0 saturated carbocycles. The van der Waals surface area contributed by atoms with E-state index in [9.17, 15) is 9.59 Å². The summed E-state index contributed by atoms with van der Waals surface area (Å²) in [6, 6.07) is 13.8. The van der Waals surface area contributed by atoms with Gasteiger partial charge in [0.05, 0.1) is 0 Å². The second-order valence-electron chi connectivity index (χ2n) is 8.68. The summed E-state index contributed by atoms with van der Waals surface area (Å²) in [6.45, 7) is 7.30. The first-order valence-electron chi connectivity index (χ1n) is 10.8. The maximum atomic E-state index is 13.4. The lowest BCUT2D eigenvalue weighted by molar-refractivity contribution is -0.129. The Balaban J connectivity index is 1.65. The molecular weight excluding hydrogens is 390 g/mol. The molecule has 1 aliphatic rings. The molecule has 0 aliphatic carbocycles.